The van der Waals surface area contributed by atoms with Crippen molar-refractivity contribution in [3.8, 4) is 0 Å². The number of aliphatic hydroxyl groups excluding tert-OH is 1. The molecule has 0 aromatic heterocycles. The van der Waals surface area contributed by atoms with Crippen LogP contribution in [0, 0.1) is 11.8 Å². The summed E-state index contributed by atoms with van der Waals surface area (Å²) in [4.78, 5) is 23.9. The van der Waals surface area contributed by atoms with Gasteiger partial charge in [0.05, 0.1) is 12.0 Å². The highest BCUT2D eigenvalue weighted by Gasteiger charge is 2.58. The second kappa shape index (κ2) is 6.02. The molecule has 0 bridgehead atoms. The number of allylic oxidation sites excluding steroid dienone is 1. The first-order valence-electron chi connectivity index (χ1n) is 7.48. The molecular formula is C16H23NO4. The highest BCUT2D eigenvalue weighted by molar-refractivity contribution is 5.99. The summed E-state index contributed by atoms with van der Waals surface area (Å²) in [5.41, 5.74) is -1.51. The van der Waals surface area contributed by atoms with E-state index in [9.17, 15) is 19.8 Å². The van der Waals surface area contributed by atoms with Crippen molar-refractivity contribution in [3.05, 3.63) is 24.8 Å². The van der Waals surface area contributed by atoms with Crippen LogP contribution in [-0.2, 0) is 9.59 Å². The lowest BCUT2D eigenvalue weighted by Gasteiger charge is -2.37. The Morgan fingerprint density at radius 1 is 1.43 bits per heavy atom. The Morgan fingerprint density at radius 3 is 2.57 bits per heavy atom. The largest absolute Gasteiger partial charge is 0.479 e. The zero-order valence-electron chi connectivity index (χ0n) is 12.2. The summed E-state index contributed by atoms with van der Waals surface area (Å²) in [5, 5.41) is 22.9. The molecule has 5 heteroatoms. The van der Waals surface area contributed by atoms with Crippen LogP contribution in [-0.4, -0.2) is 33.7 Å². The molecule has 1 heterocycles. The molecule has 3 atom stereocenters. The number of aliphatic hydroxyl groups is 1. The molecule has 1 saturated heterocycles. The Balaban J connectivity index is 2.33. The van der Waals surface area contributed by atoms with Gasteiger partial charge >= 0.3 is 5.97 Å². The van der Waals surface area contributed by atoms with E-state index in [-0.39, 0.29) is 11.5 Å². The lowest BCUT2D eigenvalue weighted by atomic mass is 9.73. The molecule has 2 fully saturated rings. The number of nitrogens with one attached hydrogen (secondary N) is 1. The third-order valence-electron chi connectivity index (χ3n) is 4.84. The van der Waals surface area contributed by atoms with Crippen LogP contribution >= 0.6 is 0 Å². The van der Waals surface area contributed by atoms with Crippen molar-refractivity contribution >= 4 is 11.9 Å². The molecule has 1 aliphatic heterocycles. The van der Waals surface area contributed by atoms with Gasteiger partial charge in [0.25, 0.3) is 0 Å². The van der Waals surface area contributed by atoms with Gasteiger partial charge in [-0.1, -0.05) is 31.9 Å². The first-order chi connectivity index (χ1) is 9.95. The molecule has 3 N–H and O–H groups in total. The Kier molecular flexibility index (Phi) is 4.52. The van der Waals surface area contributed by atoms with E-state index >= 15 is 0 Å². The molecule has 0 spiro atoms. The van der Waals surface area contributed by atoms with Crippen LogP contribution in [0.5, 0.6) is 0 Å². The van der Waals surface area contributed by atoms with Gasteiger partial charge in [-0.25, -0.2) is 4.79 Å². The Morgan fingerprint density at radius 2 is 2.05 bits per heavy atom. The molecular weight excluding hydrogens is 270 g/mol. The number of carboxylic acids is 1. The van der Waals surface area contributed by atoms with Gasteiger partial charge in [-0.3, -0.25) is 4.79 Å². The maximum absolute atomic E-state index is 12.1. The number of hydrogen-bond donors (Lipinski definition) is 3. The van der Waals surface area contributed by atoms with Crippen LogP contribution in [0.15, 0.2) is 24.8 Å². The van der Waals surface area contributed by atoms with Crippen molar-refractivity contribution in [2.75, 3.05) is 0 Å². The molecule has 1 aliphatic carbocycles. The standard InChI is InChI=1S/C16H23NO4/c1-3-7-12-10(2)16(15(20)21,17-14(12)19)13(18)11-8-5-4-6-9-11/h3,11-13,18H,1-2,4-9H2,(H,17,19)(H,20,21)/t12-,13+,16+/m1/s1. The molecule has 1 amide bonds. The summed E-state index contributed by atoms with van der Waals surface area (Å²) < 4.78 is 0. The van der Waals surface area contributed by atoms with E-state index in [1.54, 1.807) is 6.08 Å². The van der Waals surface area contributed by atoms with Crippen molar-refractivity contribution in [2.45, 2.75) is 50.2 Å². The van der Waals surface area contributed by atoms with Crippen LogP contribution in [0.3, 0.4) is 0 Å². The summed E-state index contributed by atoms with van der Waals surface area (Å²) in [6.07, 6.45) is 5.40. The lowest BCUT2D eigenvalue weighted by Crippen LogP contribution is -2.61. The molecule has 0 radical (unpaired) electrons. The lowest BCUT2D eigenvalue weighted by molar-refractivity contribution is -0.150. The smallest absolute Gasteiger partial charge is 0.336 e. The molecule has 0 unspecified atom stereocenters. The second-order valence-corrected chi connectivity index (χ2v) is 6.05. The first kappa shape index (κ1) is 15.8. The number of amides is 1. The topological polar surface area (TPSA) is 86.6 Å². The number of carboxylic acid groups (broad SMARTS) is 1. The zero-order chi connectivity index (χ0) is 15.6. The maximum atomic E-state index is 12.1. The molecule has 5 nitrogen and oxygen atoms in total. The van der Waals surface area contributed by atoms with Gasteiger partial charge in [-0.15, -0.1) is 6.58 Å². The van der Waals surface area contributed by atoms with Crippen molar-refractivity contribution in [1.29, 1.82) is 0 Å². The maximum Gasteiger partial charge on any atom is 0.336 e. The van der Waals surface area contributed by atoms with Crippen molar-refractivity contribution in [2.24, 2.45) is 11.8 Å². The van der Waals surface area contributed by atoms with Crippen LogP contribution in [0.1, 0.15) is 38.5 Å². The van der Waals surface area contributed by atoms with Gasteiger partial charge in [0.1, 0.15) is 0 Å². The minimum Gasteiger partial charge on any atom is -0.479 e. The average molecular weight is 293 g/mol. The Hall–Kier alpha value is -1.62. The highest BCUT2D eigenvalue weighted by Crippen LogP contribution is 2.41. The first-order valence-corrected chi connectivity index (χ1v) is 7.48. The van der Waals surface area contributed by atoms with E-state index in [2.05, 4.69) is 18.5 Å². The minimum atomic E-state index is -1.76. The monoisotopic (exact) mass is 293 g/mol. The number of carbonyl (C=O) groups excluding carboxylic acids is 1. The minimum absolute atomic E-state index is 0.116. The molecule has 2 rings (SSSR count). The molecule has 0 aromatic carbocycles. The van der Waals surface area contributed by atoms with Gasteiger partial charge < -0.3 is 15.5 Å². The van der Waals surface area contributed by atoms with Gasteiger partial charge in [0.15, 0.2) is 5.54 Å². The van der Waals surface area contributed by atoms with E-state index in [1.165, 1.54) is 0 Å². The van der Waals surface area contributed by atoms with E-state index in [0.717, 1.165) is 32.1 Å². The SMILES string of the molecule is C=CC[C@@H]1C(=C)[C@@](C(=O)O)([C@@H](O)C2CCCCC2)NC1=O. The van der Waals surface area contributed by atoms with Gasteiger partial charge in [0, 0.05) is 0 Å². The zero-order valence-corrected chi connectivity index (χ0v) is 12.2. The number of carbonyl (C=O) groups is 2. The average Bonchev–Trinajstić information content (AvgIpc) is 2.73. The fraction of sp³-hybridized carbons (Fsp3) is 0.625. The predicted molar refractivity (Wildman–Crippen MR) is 78.5 cm³/mol. The second-order valence-electron chi connectivity index (χ2n) is 6.05. The van der Waals surface area contributed by atoms with Crippen LogP contribution in [0.4, 0.5) is 0 Å². The summed E-state index contributed by atoms with van der Waals surface area (Å²) in [5.74, 6) is -2.37. The summed E-state index contributed by atoms with van der Waals surface area (Å²) in [7, 11) is 0. The summed E-state index contributed by atoms with van der Waals surface area (Å²) in [6.45, 7) is 7.41. The summed E-state index contributed by atoms with van der Waals surface area (Å²) >= 11 is 0. The van der Waals surface area contributed by atoms with E-state index in [0.29, 0.717) is 6.42 Å². The molecule has 1 saturated carbocycles. The molecule has 21 heavy (non-hydrogen) atoms. The number of rotatable bonds is 5. The quantitative estimate of drug-likeness (QED) is 0.672. The van der Waals surface area contributed by atoms with Gasteiger partial charge in [0.2, 0.25) is 5.91 Å². The predicted octanol–water partition coefficient (Wildman–Crippen LogP) is 1.63. The van der Waals surface area contributed by atoms with Crippen molar-refractivity contribution in [3.63, 3.8) is 0 Å². The Labute approximate surface area is 124 Å². The molecule has 0 aromatic rings. The van der Waals surface area contributed by atoms with E-state index < -0.39 is 29.4 Å². The highest BCUT2D eigenvalue weighted by atomic mass is 16.4. The van der Waals surface area contributed by atoms with E-state index in [1.807, 2.05) is 0 Å². The Bertz CT molecular complexity index is 467. The van der Waals surface area contributed by atoms with Crippen LogP contribution in [0.2, 0.25) is 0 Å². The van der Waals surface area contributed by atoms with E-state index in [4.69, 9.17) is 0 Å². The summed E-state index contributed by atoms with van der Waals surface area (Å²) in [6, 6.07) is 0. The number of aliphatic carboxylic acids is 1. The van der Waals surface area contributed by atoms with Gasteiger partial charge in [-0.2, -0.15) is 0 Å². The molecule has 2 aliphatic rings. The van der Waals surface area contributed by atoms with Crippen LogP contribution < -0.4 is 5.32 Å². The van der Waals surface area contributed by atoms with Crippen molar-refractivity contribution in [1.82, 2.24) is 5.32 Å². The van der Waals surface area contributed by atoms with Crippen LogP contribution in [0.25, 0.3) is 0 Å². The third kappa shape index (κ3) is 2.50. The number of hydrogen-bond acceptors (Lipinski definition) is 3. The third-order valence-corrected chi connectivity index (χ3v) is 4.84. The fourth-order valence-electron chi connectivity index (χ4n) is 3.60. The van der Waals surface area contributed by atoms with Crippen molar-refractivity contribution < 1.29 is 19.8 Å². The van der Waals surface area contributed by atoms with Gasteiger partial charge in [-0.05, 0) is 30.8 Å². The normalized spacial score (nSPS) is 31.8. The fourth-order valence-corrected chi connectivity index (χ4v) is 3.60. The molecule has 116 valence electrons.